The first-order chi connectivity index (χ1) is 13.5. The van der Waals surface area contributed by atoms with Crippen LogP contribution in [0.1, 0.15) is 87.1 Å². The molecule has 2 rings (SSSR count). The van der Waals surface area contributed by atoms with Gasteiger partial charge < -0.3 is 16.4 Å². The van der Waals surface area contributed by atoms with Crippen molar-refractivity contribution in [2.45, 2.75) is 83.2 Å². The fourth-order valence-electron chi connectivity index (χ4n) is 4.00. The predicted octanol–water partition coefficient (Wildman–Crippen LogP) is 5.76. The number of nitrogens with two attached hydrogens (primary N) is 1. The highest BCUT2D eigenvalue weighted by Crippen LogP contribution is 2.32. The lowest BCUT2D eigenvalue weighted by Crippen LogP contribution is -2.45. The minimum absolute atomic E-state index is 0.0397. The standard InChI is InChI=1S/C22H35BrClN3O/c1-2-22(10-6-5-7-11-22)27-16-18-14-17(15-19(23)20(18)25)21(28)26-13-9-4-3-8-12-24/h14-15,27H,2-13,16,25H2,1H3,(H,26,28). The molecule has 0 unspecified atom stereocenters. The highest BCUT2D eigenvalue weighted by Gasteiger charge is 2.29. The molecule has 1 saturated carbocycles. The Hall–Kier alpha value is -0.780. The zero-order chi connectivity index (χ0) is 20.4. The molecule has 28 heavy (non-hydrogen) atoms. The first-order valence-corrected chi connectivity index (χ1v) is 12.0. The summed E-state index contributed by atoms with van der Waals surface area (Å²) < 4.78 is 0.785. The van der Waals surface area contributed by atoms with E-state index in [9.17, 15) is 4.79 Å². The number of hydrogen-bond acceptors (Lipinski definition) is 3. The highest BCUT2D eigenvalue weighted by molar-refractivity contribution is 9.10. The Morgan fingerprint density at radius 2 is 1.89 bits per heavy atom. The molecule has 1 fully saturated rings. The van der Waals surface area contributed by atoms with Crippen LogP contribution in [0.5, 0.6) is 0 Å². The molecule has 6 heteroatoms. The summed E-state index contributed by atoms with van der Waals surface area (Å²) in [6, 6.07) is 3.75. The van der Waals surface area contributed by atoms with E-state index in [1.54, 1.807) is 0 Å². The van der Waals surface area contributed by atoms with Gasteiger partial charge in [-0.05, 0) is 65.7 Å². The quantitative estimate of drug-likeness (QED) is 0.218. The maximum Gasteiger partial charge on any atom is 0.251 e. The maximum absolute atomic E-state index is 12.6. The van der Waals surface area contributed by atoms with E-state index >= 15 is 0 Å². The zero-order valence-corrected chi connectivity index (χ0v) is 19.4. The maximum atomic E-state index is 12.6. The Morgan fingerprint density at radius 3 is 2.57 bits per heavy atom. The SMILES string of the molecule is CCC1(NCc2cc(C(=O)NCCCCCCCl)cc(Br)c2N)CCCCC1. The summed E-state index contributed by atoms with van der Waals surface area (Å²) in [5, 5.41) is 6.78. The van der Waals surface area contributed by atoms with Crippen molar-refractivity contribution < 1.29 is 4.79 Å². The molecule has 0 atom stereocenters. The molecule has 0 radical (unpaired) electrons. The fourth-order valence-corrected chi connectivity index (χ4v) is 4.69. The summed E-state index contributed by atoms with van der Waals surface area (Å²) in [7, 11) is 0. The number of rotatable bonds is 11. The van der Waals surface area contributed by atoms with Crippen LogP contribution in [-0.4, -0.2) is 23.9 Å². The number of halogens is 2. The third-order valence-corrected chi connectivity index (χ3v) is 6.89. The second kappa shape index (κ2) is 12.0. The van der Waals surface area contributed by atoms with Crippen LogP contribution in [0.25, 0.3) is 0 Å². The van der Waals surface area contributed by atoms with Gasteiger partial charge in [0, 0.05) is 34.5 Å². The number of alkyl halides is 1. The molecular formula is C22H35BrClN3O. The molecule has 4 nitrogen and oxygen atoms in total. The Balaban J connectivity index is 1.96. The molecule has 1 aromatic carbocycles. The lowest BCUT2D eigenvalue weighted by atomic mass is 9.79. The smallest absolute Gasteiger partial charge is 0.251 e. The molecule has 4 N–H and O–H groups in total. The number of carbonyl (C=O) groups is 1. The van der Waals surface area contributed by atoms with Gasteiger partial charge in [0.15, 0.2) is 0 Å². The number of carbonyl (C=O) groups excluding carboxylic acids is 1. The lowest BCUT2D eigenvalue weighted by Gasteiger charge is -2.38. The van der Waals surface area contributed by atoms with Gasteiger partial charge in [-0.2, -0.15) is 0 Å². The molecule has 1 amide bonds. The van der Waals surface area contributed by atoms with Gasteiger partial charge in [0.05, 0.1) is 5.69 Å². The number of hydrogen-bond donors (Lipinski definition) is 3. The summed E-state index contributed by atoms with van der Waals surface area (Å²) in [6.45, 7) is 3.64. The molecule has 1 aliphatic carbocycles. The van der Waals surface area contributed by atoms with E-state index in [2.05, 4.69) is 33.5 Å². The minimum atomic E-state index is -0.0397. The van der Waals surface area contributed by atoms with Crippen LogP contribution in [0.2, 0.25) is 0 Å². The Bertz CT molecular complexity index is 632. The van der Waals surface area contributed by atoms with E-state index in [1.165, 1.54) is 32.1 Å². The normalized spacial score (nSPS) is 16.1. The van der Waals surface area contributed by atoms with Gasteiger partial charge in [0.25, 0.3) is 5.91 Å². The highest BCUT2D eigenvalue weighted by atomic mass is 79.9. The van der Waals surface area contributed by atoms with Crippen LogP contribution in [-0.2, 0) is 6.54 Å². The molecule has 0 aliphatic heterocycles. The third-order valence-electron chi connectivity index (χ3n) is 5.96. The van der Waals surface area contributed by atoms with Crippen molar-refractivity contribution in [1.82, 2.24) is 10.6 Å². The van der Waals surface area contributed by atoms with Crippen molar-refractivity contribution in [3.8, 4) is 0 Å². The molecule has 0 aromatic heterocycles. The van der Waals surface area contributed by atoms with Gasteiger partial charge in [0.1, 0.15) is 0 Å². The van der Waals surface area contributed by atoms with E-state index in [0.717, 1.165) is 42.1 Å². The summed E-state index contributed by atoms with van der Waals surface area (Å²) in [4.78, 5) is 12.6. The summed E-state index contributed by atoms with van der Waals surface area (Å²) in [5.41, 5.74) is 8.86. The van der Waals surface area contributed by atoms with E-state index in [1.807, 2.05) is 12.1 Å². The second-order valence-corrected chi connectivity index (χ2v) is 9.17. The average Bonchev–Trinajstić information content (AvgIpc) is 2.72. The summed E-state index contributed by atoms with van der Waals surface area (Å²) in [5.74, 6) is 0.671. The first kappa shape index (κ1) is 23.5. The van der Waals surface area contributed by atoms with Crippen molar-refractivity contribution in [3.63, 3.8) is 0 Å². The first-order valence-electron chi connectivity index (χ1n) is 10.7. The largest absolute Gasteiger partial charge is 0.398 e. The van der Waals surface area contributed by atoms with Gasteiger partial charge in [-0.1, -0.05) is 39.0 Å². The molecule has 0 heterocycles. The number of nitrogen functional groups attached to an aromatic ring is 1. The van der Waals surface area contributed by atoms with Crippen molar-refractivity contribution in [1.29, 1.82) is 0 Å². The van der Waals surface area contributed by atoms with E-state index in [-0.39, 0.29) is 11.4 Å². The van der Waals surface area contributed by atoms with Gasteiger partial charge in [-0.3, -0.25) is 4.79 Å². The number of unbranched alkanes of at least 4 members (excludes halogenated alkanes) is 3. The molecular weight excluding hydrogens is 438 g/mol. The van der Waals surface area contributed by atoms with Crippen molar-refractivity contribution in [3.05, 3.63) is 27.7 Å². The monoisotopic (exact) mass is 471 g/mol. The lowest BCUT2D eigenvalue weighted by molar-refractivity contribution is 0.0953. The van der Waals surface area contributed by atoms with Crippen molar-refractivity contribution in [2.75, 3.05) is 18.2 Å². The van der Waals surface area contributed by atoms with Crippen molar-refractivity contribution in [2.24, 2.45) is 0 Å². The number of benzene rings is 1. The van der Waals surface area contributed by atoms with E-state index in [4.69, 9.17) is 17.3 Å². The second-order valence-electron chi connectivity index (χ2n) is 7.94. The zero-order valence-electron chi connectivity index (χ0n) is 17.1. The van der Waals surface area contributed by atoms with Crippen LogP contribution in [0, 0.1) is 0 Å². The van der Waals surface area contributed by atoms with Crippen LogP contribution >= 0.6 is 27.5 Å². The minimum Gasteiger partial charge on any atom is -0.398 e. The molecule has 0 saturated heterocycles. The summed E-state index contributed by atoms with van der Waals surface area (Å²) >= 11 is 9.22. The number of nitrogens with one attached hydrogen (secondary N) is 2. The Labute approximate surface area is 183 Å². The average molecular weight is 473 g/mol. The number of amides is 1. The molecule has 1 aliphatic rings. The summed E-state index contributed by atoms with van der Waals surface area (Å²) in [6.07, 6.45) is 11.7. The van der Waals surface area contributed by atoms with Crippen LogP contribution in [0.15, 0.2) is 16.6 Å². The number of anilines is 1. The predicted molar refractivity (Wildman–Crippen MR) is 123 cm³/mol. The van der Waals surface area contributed by atoms with Crippen LogP contribution in [0.3, 0.4) is 0 Å². The van der Waals surface area contributed by atoms with Gasteiger partial charge in [-0.25, -0.2) is 0 Å². The van der Waals surface area contributed by atoms with E-state index in [0.29, 0.717) is 30.2 Å². The van der Waals surface area contributed by atoms with Gasteiger partial charge >= 0.3 is 0 Å². The third kappa shape index (κ3) is 6.93. The fraction of sp³-hybridized carbons (Fsp3) is 0.682. The topological polar surface area (TPSA) is 67.2 Å². The van der Waals surface area contributed by atoms with Crippen LogP contribution < -0.4 is 16.4 Å². The van der Waals surface area contributed by atoms with Gasteiger partial charge in [-0.15, -0.1) is 11.6 Å². The Morgan fingerprint density at radius 1 is 1.18 bits per heavy atom. The molecule has 158 valence electrons. The van der Waals surface area contributed by atoms with Crippen LogP contribution in [0.4, 0.5) is 5.69 Å². The molecule has 1 aromatic rings. The molecule has 0 bridgehead atoms. The van der Waals surface area contributed by atoms with E-state index < -0.39 is 0 Å². The van der Waals surface area contributed by atoms with Crippen molar-refractivity contribution >= 4 is 39.1 Å². The van der Waals surface area contributed by atoms with Gasteiger partial charge in [0.2, 0.25) is 0 Å². The Kier molecular flexibility index (Phi) is 10.1. The molecule has 0 spiro atoms.